The number of nitrogens with zero attached hydrogens (tertiary/aromatic N) is 3. The first-order chi connectivity index (χ1) is 11.5. The molecule has 0 atom stereocenters. The van der Waals surface area contributed by atoms with Crippen molar-refractivity contribution in [3.05, 3.63) is 57.8 Å². The zero-order valence-electron chi connectivity index (χ0n) is 14.9. The van der Waals surface area contributed by atoms with E-state index in [0.717, 1.165) is 0 Å². The van der Waals surface area contributed by atoms with Crippen molar-refractivity contribution in [3.8, 4) is 6.07 Å². The summed E-state index contributed by atoms with van der Waals surface area (Å²) < 4.78 is 5.22. The molecule has 0 unspecified atom stereocenters. The molecule has 0 saturated heterocycles. The van der Waals surface area contributed by atoms with Gasteiger partial charge in [0.25, 0.3) is 5.69 Å². The first-order valence-electron chi connectivity index (χ1n) is 7.51. The molecule has 25 heavy (non-hydrogen) atoms. The van der Waals surface area contributed by atoms with E-state index in [1.807, 2.05) is 6.07 Å². The highest BCUT2D eigenvalue weighted by atomic mass is 16.6. The van der Waals surface area contributed by atoms with Gasteiger partial charge in [0.15, 0.2) is 0 Å². The number of rotatable bonds is 5. The number of nitro benzene ring substituents is 1. The summed E-state index contributed by atoms with van der Waals surface area (Å²) in [7, 11) is 3.54. The molecule has 1 rings (SSSR count). The Morgan fingerprint density at radius 2 is 2.00 bits per heavy atom. The van der Waals surface area contributed by atoms with Gasteiger partial charge >= 0.3 is 5.97 Å². The number of esters is 1. The van der Waals surface area contributed by atoms with E-state index in [-0.39, 0.29) is 11.3 Å². The molecule has 7 heteroatoms. The Hall–Kier alpha value is -3.14. The molecule has 0 aliphatic rings. The van der Waals surface area contributed by atoms with Crippen LogP contribution in [0.25, 0.3) is 5.57 Å². The largest absolute Gasteiger partial charge is 0.456 e. The van der Waals surface area contributed by atoms with Crippen molar-refractivity contribution in [2.45, 2.75) is 26.4 Å². The Morgan fingerprint density at radius 3 is 2.48 bits per heavy atom. The Kier molecular flexibility index (Phi) is 6.45. The monoisotopic (exact) mass is 343 g/mol. The van der Waals surface area contributed by atoms with Crippen molar-refractivity contribution in [1.29, 1.82) is 5.26 Å². The predicted octanol–water partition coefficient (Wildman–Crippen LogP) is 3.29. The minimum absolute atomic E-state index is 0.0775. The van der Waals surface area contributed by atoms with Gasteiger partial charge in [-0.25, -0.2) is 4.79 Å². The second-order valence-electron chi connectivity index (χ2n) is 6.53. The van der Waals surface area contributed by atoms with Gasteiger partial charge in [-0.15, -0.1) is 0 Å². The van der Waals surface area contributed by atoms with Crippen molar-refractivity contribution < 1.29 is 14.5 Å². The number of hydrogen-bond donors (Lipinski definition) is 0. The maximum Gasteiger partial charge on any atom is 0.349 e. The fourth-order valence-electron chi connectivity index (χ4n) is 1.90. The van der Waals surface area contributed by atoms with E-state index >= 15 is 0 Å². The summed E-state index contributed by atoms with van der Waals surface area (Å²) in [6.07, 6.45) is 3.04. The van der Waals surface area contributed by atoms with Crippen molar-refractivity contribution in [2.75, 3.05) is 14.1 Å². The van der Waals surface area contributed by atoms with Crippen LogP contribution in [-0.2, 0) is 9.53 Å². The average molecular weight is 343 g/mol. The summed E-state index contributed by atoms with van der Waals surface area (Å²) in [5.41, 5.74) is 0.000414. The molecule has 0 radical (unpaired) electrons. The number of nitro groups is 1. The molecule has 0 aliphatic heterocycles. The molecule has 0 heterocycles. The highest BCUT2D eigenvalue weighted by Gasteiger charge is 2.20. The fourth-order valence-corrected chi connectivity index (χ4v) is 1.90. The number of non-ortho nitro benzene ring substituents is 1. The number of hydrogen-bond acceptors (Lipinski definition) is 6. The maximum absolute atomic E-state index is 12.2. The SMILES string of the molecule is CN(C)/C=C(/C=C(\C#N)C(=O)OC(C)(C)C)c1cccc([N+](=O)[O-])c1. The second kappa shape index (κ2) is 8.11. The van der Waals surface area contributed by atoms with Crippen molar-refractivity contribution in [3.63, 3.8) is 0 Å². The topological polar surface area (TPSA) is 96.5 Å². The number of benzene rings is 1. The molecule has 0 amide bonds. The molecular weight excluding hydrogens is 322 g/mol. The second-order valence-corrected chi connectivity index (χ2v) is 6.53. The van der Waals surface area contributed by atoms with E-state index in [0.29, 0.717) is 11.1 Å². The van der Waals surface area contributed by atoms with Crippen LogP contribution in [0.1, 0.15) is 26.3 Å². The number of nitriles is 1. The van der Waals surface area contributed by atoms with E-state index in [2.05, 4.69) is 0 Å². The lowest BCUT2D eigenvalue weighted by atomic mass is 10.0. The number of carbonyl (C=O) groups excluding carboxylic acids is 1. The van der Waals surface area contributed by atoms with Gasteiger partial charge in [0.2, 0.25) is 0 Å². The summed E-state index contributed by atoms with van der Waals surface area (Å²) in [6, 6.07) is 7.80. The molecule has 0 bridgehead atoms. The lowest BCUT2D eigenvalue weighted by Gasteiger charge is -2.19. The van der Waals surface area contributed by atoms with Crippen molar-refractivity contribution in [1.82, 2.24) is 4.90 Å². The third kappa shape index (κ3) is 6.47. The molecule has 0 spiro atoms. The molecule has 132 valence electrons. The van der Waals surface area contributed by atoms with Gasteiger partial charge in [-0.3, -0.25) is 10.1 Å². The minimum atomic E-state index is -0.745. The van der Waals surface area contributed by atoms with Crippen LogP contribution in [-0.4, -0.2) is 35.5 Å². The Balaban J connectivity index is 3.36. The summed E-state index contributed by atoms with van der Waals surface area (Å²) in [5, 5.41) is 20.3. The average Bonchev–Trinajstić information content (AvgIpc) is 2.49. The standard InChI is InChI=1S/C18H21N3O4/c1-18(2,3)25-17(22)14(11-19)9-15(12-20(4)5)13-7-6-8-16(10-13)21(23)24/h6-10,12H,1-5H3/b14-9+,15-12-. The molecule has 1 aromatic rings. The van der Waals surface area contributed by atoms with Crippen LogP contribution < -0.4 is 0 Å². The number of ether oxygens (including phenoxy) is 1. The van der Waals surface area contributed by atoms with Gasteiger partial charge in [0.05, 0.1) is 4.92 Å². The molecule has 0 fully saturated rings. The van der Waals surface area contributed by atoms with Crippen LogP contribution in [0, 0.1) is 21.4 Å². The Bertz CT molecular complexity index is 765. The predicted molar refractivity (Wildman–Crippen MR) is 94.3 cm³/mol. The van der Waals surface area contributed by atoms with Gasteiger partial charge in [-0.2, -0.15) is 5.26 Å². The summed E-state index contributed by atoms with van der Waals surface area (Å²) in [4.78, 5) is 24.3. The van der Waals surface area contributed by atoms with E-state index in [1.54, 1.807) is 58.1 Å². The van der Waals surface area contributed by atoms with Crippen LogP contribution in [0.3, 0.4) is 0 Å². The van der Waals surface area contributed by atoms with Crippen LogP contribution in [0.2, 0.25) is 0 Å². The molecule has 0 aliphatic carbocycles. The summed E-state index contributed by atoms with van der Waals surface area (Å²) >= 11 is 0. The van der Waals surface area contributed by atoms with E-state index in [4.69, 9.17) is 4.74 Å². The minimum Gasteiger partial charge on any atom is -0.456 e. The Labute approximate surface area is 147 Å². The number of carbonyl (C=O) groups is 1. The van der Waals surface area contributed by atoms with E-state index in [1.165, 1.54) is 18.2 Å². The van der Waals surface area contributed by atoms with Gasteiger partial charge in [0.1, 0.15) is 17.2 Å². The van der Waals surface area contributed by atoms with Gasteiger partial charge < -0.3 is 9.64 Å². The highest BCUT2D eigenvalue weighted by Crippen LogP contribution is 2.23. The van der Waals surface area contributed by atoms with Crippen molar-refractivity contribution >= 4 is 17.2 Å². The van der Waals surface area contributed by atoms with Crippen molar-refractivity contribution in [2.24, 2.45) is 0 Å². The molecule has 0 aromatic heterocycles. The molecule has 7 nitrogen and oxygen atoms in total. The zero-order chi connectivity index (χ0) is 19.2. The van der Waals surface area contributed by atoms with Crippen LogP contribution in [0.5, 0.6) is 0 Å². The maximum atomic E-state index is 12.2. The summed E-state index contributed by atoms with van der Waals surface area (Å²) in [6.45, 7) is 5.12. The van der Waals surface area contributed by atoms with E-state index in [9.17, 15) is 20.2 Å². The van der Waals surface area contributed by atoms with E-state index < -0.39 is 16.5 Å². The first kappa shape index (κ1) is 19.9. The fraction of sp³-hybridized carbons (Fsp3) is 0.333. The Morgan fingerprint density at radius 1 is 1.36 bits per heavy atom. The van der Waals surface area contributed by atoms with Crippen LogP contribution in [0.4, 0.5) is 5.69 Å². The first-order valence-corrected chi connectivity index (χ1v) is 7.51. The van der Waals surface area contributed by atoms with Gasteiger partial charge in [-0.1, -0.05) is 12.1 Å². The highest BCUT2D eigenvalue weighted by molar-refractivity contribution is 5.96. The van der Waals surface area contributed by atoms with Crippen LogP contribution in [0.15, 0.2) is 42.1 Å². The zero-order valence-corrected chi connectivity index (χ0v) is 14.9. The third-order valence-corrected chi connectivity index (χ3v) is 2.83. The smallest absolute Gasteiger partial charge is 0.349 e. The molecular formula is C18H21N3O4. The normalized spacial score (nSPS) is 12.3. The van der Waals surface area contributed by atoms with Crippen LogP contribution >= 0.6 is 0 Å². The van der Waals surface area contributed by atoms with Gasteiger partial charge in [0, 0.05) is 32.4 Å². The third-order valence-electron chi connectivity index (χ3n) is 2.83. The van der Waals surface area contributed by atoms with Gasteiger partial charge in [-0.05, 0) is 38.0 Å². The lowest BCUT2D eigenvalue weighted by Crippen LogP contribution is -2.24. The molecule has 0 saturated carbocycles. The summed E-state index contributed by atoms with van der Waals surface area (Å²) in [5.74, 6) is -0.745. The molecule has 0 N–H and O–H groups in total. The lowest BCUT2D eigenvalue weighted by molar-refractivity contribution is -0.384. The number of allylic oxidation sites excluding steroid dienone is 2. The quantitative estimate of drug-likeness (QED) is 0.203. The molecule has 1 aromatic carbocycles.